The molecule has 0 radical (unpaired) electrons. The summed E-state index contributed by atoms with van der Waals surface area (Å²) in [5.74, 6) is 1.40. The number of thiophene rings is 1. The molecule has 1 N–H and O–H groups in total. The molecular formula is C14H12N4OS2. The van der Waals surface area contributed by atoms with E-state index in [0.29, 0.717) is 10.6 Å². The minimum atomic E-state index is 0.445. The van der Waals surface area contributed by atoms with Crippen LogP contribution in [0.5, 0.6) is 5.75 Å². The maximum Gasteiger partial charge on any atom is 0.216 e. The average Bonchev–Trinajstić information content (AvgIpc) is 3.15. The maximum atomic E-state index is 5.23. The minimum absolute atomic E-state index is 0.445. The number of nitrogens with zero attached hydrogens (tertiary/aromatic N) is 3. The summed E-state index contributed by atoms with van der Waals surface area (Å²) in [6.45, 7) is 0. The average molecular weight is 316 g/mol. The molecule has 0 saturated heterocycles. The summed E-state index contributed by atoms with van der Waals surface area (Å²) in [6.07, 6.45) is 1.76. The van der Waals surface area contributed by atoms with Crippen molar-refractivity contribution >= 4 is 29.8 Å². The molecule has 106 valence electrons. The van der Waals surface area contributed by atoms with Crippen LogP contribution in [0, 0.1) is 4.77 Å². The Hall–Kier alpha value is -2.25. The Kier molecular flexibility index (Phi) is 3.94. The van der Waals surface area contributed by atoms with Gasteiger partial charge in [0.1, 0.15) is 5.75 Å². The van der Waals surface area contributed by atoms with Gasteiger partial charge in [0.2, 0.25) is 4.77 Å². The number of ether oxygens (including phenoxy) is 1. The zero-order chi connectivity index (χ0) is 14.7. The molecule has 0 fully saturated rings. The Labute approximate surface area is 130 Å². The van der Waals surface area contributed by atoms with Crippen molar-refractivity contribution < 1.29 is 4.74 Å². The Bertz CT molecular complexity index is 818. The zero-order valence-corrected chi connectivity index (χ0v) is 12.8. The van der Waals surface area contributed by atoms with Crippen LogP contribution in [0.15, 0.2) is 46.9 Å². The molecule has 7 heteroatoms. The fourth-order valence-corrected chi connectivity index (χ4v) is 2.59. The van der Waals surface area contributed by atoms with Crippen molar-refractivity contribution in [2.75, 3.05) is 7.11 Å². The first-order valence-electron chi connectivity index (χ1n) is 6.17. The quantitative estimate of drug-likeness (QED) is 0.591. The first kappa shape index (κ1) is 13.7. The second-order valence-corrected chi connectivity index (χ2v) is 5.52. The topological polar surface area (TPSA) is 55.2 Å². The fraction of sp³-hybridized carbons (Fsp3) is 0.0714. The predicted octanol–water partition coefficient (Wildman–Crippen LogP) is 3.56. The van der Waals surface area contributed by atoms with E-state index in [1.54, 1.807) is 29.3 Å². The molecule has 2 aromatic heterocycles. The zero-order valence-electron chi connectivity index (χ0n) is 11.2. The number of H-pyrrole nitrogens is 1. The highest BCUT2D eigenvalue weighted by atomic mass is 32.1. The van der Waals surface area contributed by atoms with Crippen molar-refractivity contribution in [3.63, 3.8) is 0 Å². The van der Waals surface area contributed by atoms with Gasteiger partial charge in [-0.1, -0.05) is 18.2 Å². The Morgan fingerprint density at radius 1 is 1.38 bits per heavy atom. The Balaban J connectivity index is 2.02. The summed E-state index contributed by atoms with van der Waals surface area (Å²) in [6, 6.07) is 11.6. The van der Waals surface area contributed by atoms with Gasteiger partial charge in [0.05, 0.1) is 13.3 Å². The third-order valence-corrected chi connectivity index (χ3v) is 3.89. The fourth-order valence-electron chi connectivity index (χ4n) is 1.83. The summed E-state index contributed by atoms with van der Waals surface area (Å²) in [5, 5.41) is 13.4. The van der Waals surface area contributed by atoms with Crippen LogP contribution in [0.2, 0.25) is 0 Å². The minimum Gasteiger partial charge on any atom is -0.497 e. The standard InChI is InChI=1S/C14H12N4OS2/c1-19-11-5-2-4-10(8-11)13-16-17-14(20)18(13)15-9-12-6-3-7-21-12/h2-9H,1H3,(H,17,20)/b15-9-. The van der Waals surface area contributed by atoms with Gasteiger partial charge >= 0.3 is 0 Å². The first-order chi connectivity index (χ1) is 10.3. The summed E-state index contributed by atoms with van der Waals surface area (Å²) >= 11 is 6.84. The molecule has 0 unspecified atom stereocenters. The van der Waals surface area contributed by atoms with E-state index in [4.69, 9.17) is 17.0 Å². The van der Waals surface area contributed by atoms with Gasteiger partial charge in [0.15, 0.2) is 5.82 Å². The maximum absolute atomic E-state index is 5.23. The van der Waals surface area contributed by atoms with Crippen LogP contribution < -0.4 is 4.74 Å². The lowest BCUT2D eigenvalue weighted by Crippen LogP contribution is -1.94. The van der Waals surface area contributed by atoms with Crippen molar-refractivity contribution in [3.8, 4) is 17.1 Å². The first-order valence-corrected chi connectivity index (χ1v) is 7.46. The summed E-state index contributed by atoms with van der Waals surface area (Å²) in [5.41, 5.74) is 0.880. The number of rotatable bonds is 4. The van der Waals surface area contributed by atoms with E-state index in [2.05, 4.69) is 15.3 Å². The van der Waals surface area contributed by atoms with E-state index in [0.717, 1.165) is 16.2 Å². The molecule has 0 aliphatic heterocycles. The largest absolute Gasteiger partial charge is 0.497 e. The number of benzene rings is 1. The Morgan fingerprint density at radius 3 is 3.05 bits per heavy atom. The molecule has 3 aromatic rings. The Morgan fingerprint density at radius 2 is 2.29 bits per heavy atom. The van der Waals surface area contributed by atoms with E-state index in [-0.39, 0.29) is 0 Å². The summed E-state index contributed by atoms with van der Waals surface area (Å²) in [4.78, 5) is 1.05. The number of methoxy groups -OCH3 is 1. The van der Waals surface area contributed by atoms with Crippen molar-refractivity contribution in [1.29, 1.82) is 0 Å². The number of hydrogen-bond acceptors (Lipinski definition) is 5. The van der Waals surface area contributed by atoms with E-state index in [1.165, 1.54) is 0 Å². The summed E-state index contributed by atoms with van der Waals surface area (Å²) in [7, 11) is 1.63. The lowest BCUT2D eigenvalue weighted by atomic mass is 10.2. The van der Waals surface area contributed by atoms with Crippen molar-refractivity contribution in [2.45, 2.75) is 0 Å². The van der Waals surface area contributed by atoms with Crippen LogP contribution in [-0.4, -0.2) is 28.2 Å². The molecule has 0 aliphatic carbocycles. The molecule has 0 amide bonds. The van der Waals surface area contributed by atoms with Crippen LogP contribution in [0.4, 0.5) is 0 Å². The highest BCUT2D eigenvalue weighted by Crippen LogP contribution is 2.22. The molecule has 21 heavy (non-hydrogen) atoms. The molecule has 0 atom stereocenters. The molecule has 1 aromatic carbocycles. The lowest BCUT2D eigenvalue weighted by molar-refractivity contribution is 0.415. The van der Waals surface area contributed by atoms with Gasteiger partial charge in [-0.3, -0.25) is 0 Å². The SMILES string of the molecule is COc1cccc(-c2n[nH]c(=S)n2/N=C\c2cccs2)c1. The molecule has 2 heterocycles. The van der Waals surface area contributed by atoms with Crippen LogP contribution in [0.25, 0.3) is 11.4 Å². The number of nitrogens with one attached hydrogen (secondary N) is 1. The van der Waals surface area contributed by atoms with Gasteiger partial charge in [0.25, 0.3) is 0 Å². The smallest absolute Gasteiger partial charge is 0.216 e. The molecular weight excluding hydrogens is 304 g/mol. The van der Waals surface area contributed by atoms with Gasteiger partial charge in [-0.15, -0.1) is 11.3 Å². The second kappa shape index (κ2) is 6.02. The van der Waals surface area contributed by atoms with Gasteiger partial charge in [0, 0.05) is 10.4 Å². The van der Waals surface area contributed by atoms with Crippen LogP contribution >= 0.6 is 23.6 Å². The number of aromatic nitrogens is 3. The van der Waals surface area contributed by atoms with Gasteiger partial charge in [-0.2, -0.15) is 14.9 Å². The highest BCUT2D eigenvalue weighted by molar-refractivity contribution is 7.71. The van der Waals surface area contributed by atoms with E-state index < -0.39 is 0 Å². The molecule has 0 saturated carbocycles. The molecule has 3 rings (SSSR count). The molecule has 0 bridgehead atoms. The highest BCUT2D eigenvalue weighted by Gasteiger charge is 2.08. The summed E-state index contributed by atoms with van der Waals surface area (Å²) < 4.78 is 7.28. The van der Waals surface area contributed by atoms with Crippen molar-refractivity contribution in [3.05, 3.63) is 51.4 Å². The predicted molar refractivity (Wildman–Crippen MR) is 86.7 cm³/mol. The van der Waals surface area contributed by atoms with E-state index in [9.17, 15) is 0 Å². The van der Waals surface area contributed by atoms with Crippen molar-refractivity contribution in [1.82, 2.24) is 14.9 Å². The van der Waals surface area contributed by atoms with E-state index in [1.807, 2.05) is 41.8 Å². The van der Waals surface area contributed by atoms with Gasteiger partial charge in [-0.05, 0) is 35.8 Å². The third-order valence-electron chi connectivity index (χ3n) is 2.82. The normalized spacial score (nSPS) is 11.1. The van der Waals surface area contributed by atoms with Crippen LogP contribution in [0.1, 0.15) is 4.88 Å². The van der Waals surface area contributed by atoms with Gasteiger partial charge < -0.3 is 4.74 Å². The van der Waals surface area contributed by atoms with Crippen LogP contribution in [-0.2, 0) is 0 Å². The lowest BCUT2D eigenvalue weighted by Gasteiger charge is -2.03. The third kappa shape index (κ3) is 2.93. The van der Waals surface area contributed by atoms with Gasteiger partial charge in [-0.25, -0.2) is 5.10 Å². The van der Waals surface area contributed by atoms with E-state index >= 15 is 0 Å². The van der Waals surface area contributed by atoms with Crippen molar-refractivity contribution in [2.24, 2.45) is 5.10 Å². The van der Waals surface area contributed by atoms with Crippen LogP contribution in [0.3, 0.4) is 0 Å². The molecule has 0 spiro atoms. The molecule has 0 aliphatic rings. The number of aromatic amines is 1. The second-order valence-electron chi connectivity index (χ2n) is 4.16. The molecule has 5 nitrogen and oxygen atoms in total. The number of hydrogen-bond donors (Lipinski definition) is 1. The monoisotopic (exact) mass is 316 g/mol.